The van der Waals surface area contributed by atoms with Crippen molar-refractivity contribution in [3.63, 3.8) is 0 Å². The van der Waals surface area contributed by atoms with Gasteiger partial charge < -0.3 is 5.73 Å². The molecule has 0 radical (unpaired) electrons. The van der Waals surface area contributed by atoms with Gasteiger partial charge in [-0.3, -0.25) is 0 Å². The number of hydrogen-bond acceptors (Lipinski definition) is 2. The maximum atomic E-state index is 6.40. The highest BCUT2D eigenvalue weighted by Crippen LogP contribution is 2.35. The van der Waals surface area contributed by atoms with Crippen molar-refractivity contribution in [3.05, 3.63) is 22.9 Å². The van der Waals surface area contributed by atoms with E-state index in [9.17, 15) is 0 Å². The molecule has 2 N–H and O–H groups in total. The summed E-state index contributed by atoms with van der Waals surface area (Å²) < 4.78 is 0. The smallest absolute Gasteiger partial charge is 0.126 e. The maximum Gasteiger partial charge on any atom is 0.126 e. The number of nitrogen functional groups attached to an aromatic ring is 1. The lowest BCUT2D eigenvalue weighted by Crippen LogP contribution is -2.23. The number of aryl methyl sites for hydroxylation is 1. The third-order valence-corrected chi connectivity index (χ3v) is 6.57. The van der Waals surface area contributed by atoms with E-state index >= 15 is 0 Å². The van der Waals surface area contributed by atoms with Crippen LogP contribution in [0.15, 0.2) is 6.07 Å². The highest BCUT2D eigenvalue weighted by molar-refractivity contribution is 5.45. The van der Waals surface area contributed by atoms with Gasteiger partial charge in [-0.1, -0.05) is 59.9 Å². The molecule has 142 valence electrons. The van der Waals surface area contributed by atoms with Crippen molar-refractivity contribution in [3.8, 4) is 0 Å². The molecule has 2 nitrogen and oxygen atoms in total. The van der Waals surface area contributed by atoms with E-state index in [2.05, 4.69) is 47.6 Å². The van der Waals surface area contributed by atoms with Crippen LogP contribution in [0, 0.1) is 24.7 Å². The molecule has 0 aliphatic heterocycles. The lowest BCUT2D eigenvalue weighted by molar-refractivity contribution is 0.289. The molecule has 2 rings (SSSR count). The Morgan fingerprint density at radius 2 is 1.88 bits per heavy atom. The Bertz CT molecular complexity index is 553. The summed E-state index contributed by atoms with van der Waals surface area (Å²) in [6.07, 6.45) is 10.2. The van der Waals surface area contributed by atoms with Crippen LogP contribution in [0.2, 0.25) is 0 Å². The minimum Gasteiger partial charge on any atom is -0.383 e. The normalized spacial score (nSPS) is 22.8. The van der Waals surface area contributed by atoms with Crippen LogP contribution < -0.4 is 5.73 Å². The fourth-order valence-corrected chi connectivity index (χ4v) is 4.31. The maximum absolute atomic E-state index is 6.40. The van der Waals surface area contributed by atoms with Crippen LogP contribution in [-0.4, -0.2) is 4.98 Å². The molecule has 2 heteroatoms. The van der Waals surface area contributed by atoms with Gasteiger partial charge in [0, 0.05) is 5.41 Å². The van der Waals surface area contributed by atoms with Gasteiger partial charge in [-0.15, -0.1) is 0 Å². The zero-order valence-corrected chi connectivity index (χ0v) is 17.5. The van der Waals surface area contributed by atoms with E-state index in [4.69, 9.17) is 10.7 Å². The quantitative estimate of drug-likeness (QED) is 0.617. The Hall–Kier alpha value is -1.05. The highest BCUT2D eigenvalue weighted by atomic mass is 14.9. The molecule has 1 unspecified atom stereocenters. The van der Waals surface area contributed by atoms with Crippen molar-refractivity contribution in [2.24, 2.45) is 17.8 Å². The molecule has 0 saturated heterocycles. The molecular formula is C23H40N2. The van der Waals surface area contributed by atoms with Crippen molar-refractivity contribution >= 4 is 5.82 Å². The molecule has 1 saturated carbocycles. The number of aromatic nitrogens is 1. The number of nitrogens with zero attached hydrogens (tertiary/aromatic N) is 1. The molecule has 1 aliphatic rings. The van der Waals surface area contributed by atoms with Crippen LogP contribution in [0.4, 0.5) is 5.82 Å². The van der Waals surface area contributed by atoms with E-state index in [1.807, 2.05) is 0 Å². The number of pyridine rings is 1. The Labute approximate surface area is 156 Å². The SMILES string of the molecule is CCC(C)CCC(C)(C)c1nc(N)c(CC2CCC(C)CC2)cc1C. The standard InChI is InChI=1S/C23H40N2/c1-7-16(2)12-13-23(5,6)21-18(4)14-20(22(24)25-21)15-19-10-8-17(3)9-11-19/h14,16-17,19H,7-13,15H2,1-6H3,(H2,24,25). The molecule has 0 aromatic carbocycles. The van der Waals surface area contributed by atoms with Crippen LogP contribution >= 0.6 is 0 Å². The molecule has 1 aromatic rings. The lowest BCUT2D eigenvalue weighted by Gasteiger charge is -2.29. The first-order chi connectivity index (χ1) is 11.7. The largest absolute Gasteiger partial charge is 0.383 e. The van der Waals surface area contributed by atoms with Gasteiger partial charge in [0.1, 0.15) is 5.82 Å². The van der Waals surface area contributed by atoms with E-state index in [1.54, 1.807) is 0 Å². The summed E-state index contributed by atoms with van der Waals surface area (Å²) in [5.74, 6) is 3.26. The topological polar surface area (TPSA) is 38.9 Å². The van der Waals surface area contributed by atoms with Crippen LogP contribution in [0.5, 0.6) is 0 Å². The van der Waals surface area contributed by atoms with Crippen molar-refractivity contribution in [1.82, 2.24) is 4.98 Å². The number of hydrogen-bond donors (Lipinski definition) is 1. The molecule has 1 heterocycles. The molecule has 1 atom stereocenters. The van der Waals surface area contributed by atoms with Gasteiger partial charge in [0.15, 0.2) is 0 Å². The summed E-state index contributed by atoms with van der Waals surface area (Å²) in [6.45, 7) is 13.9. The Morgan fingerprint density at radius 3 is 2.48 bits per heavy atom. The summed E-state index contributed by atoms with van der Waals surface area (Å²) >= 11 is 0. The van der Waals surface area contributed by atoms with Gasteiger partial charge in [-0.2, -0.15) is 0 Å². The van der Waals surface area contributed by atoms with E-state index in [0.29, 0.717) is 0 Å². The van der Waals surface area contributed by atoms with Gasteiger partial charge in [0.2, 0.25) is 0 Å². The molecule has 0 amide bonds. The van der Waals surface area contributed by atoms with E-state index in [-0.39, 0.29) is 5.41 Å². The Balaban J connectivity index is 2.10. The van der Waals surface area contributed by atoms with Gasteiger partial charge in [-0.05, 0) is 67.9 Å². The van der Waals surface area contributed by atoms with E-state index < -0.39 is 0 Å². The third-order valence-electron chi connectivity index (χ3n) is 6.57. The lowest BCUT2D eigenvalue weighted by atomic mass is 9.78. The Kier molecular flexibility index (Phi) is 6.93. The van der Waals surface area contributed by atoms with Crippen LogP contribution in [0.1, 0.15) is 96.4 Å². The molecule has 1 fully saturated rings. The van der Waals surface area contributed by atoms with Crippen molar-refractivity contribution in [2.75, 3.05) is 5.73 Å². The van der Waals surface area contributed by atoms with Gasteiger partial charge >= 0.3 is 0 Å². The molecule has 25 heavy (non-hydrogen) atoms. The predicted molar refractivity (Wildman–Crippen MR) is 110 cm³/mol. The van der Waals surface area contributed by atoms with Crippen molar-refractivity contribution < 1.29 is 0 Å². The zero-order chi connectivity index (χ0) is 18.6. The number of rotatable bonds is 7. The van der Waals surface area contributed by atoms with E-state index in [0.717, 1.165) is 30.0 Å². The van der Waals surface area contributed by atoms with Crippen molar-refractivity contribution in [1.29, 1.82) is 0 Å². The average molecular weight is 345 g/mol. The molecule has 0 spiro atoms. The second kappa shape index (κ2) is 8.56. The second-order valence-electron chi connectivity index (χ2n) is 9.46. The monoisotopic (exact) mass is 344 g/mol. The first-order valence-corrected chi connectivity index (χ1v) is 10.5. The molecule has 0 bridgehead atoms. The fourth-order valence-electron chi connectivity index (χ4n) is 4.31. The molecule has 1 aromatic heterocycles. The van der Waals surface area contributed by atoms with E-state index in [1.165, 1.54) is 61.8 Å². The summed E-state index contributed by atoms with van der Waals surface area (Å²) in [7, 11) is 0. The summed E-state index contributed by atoms with van der Waals surface area (Å²) in [6, 6.07) is 2.33. The highest BCUT2D eigenvalue weighted by Gasteiger charge is 2.26. The predicted octanol–water partition coefficient (Wildman–Crippen LogP) is 6.44. The fraction of sp³-hybridized carbons (Fsp3) is 0.783. The summed E-state index contributed by atoms with van der Waals surface area (Å²) in [5.41, 5.74) is 10.3. The minimum atomic E-state index is 0.0977. The van der Waals surface area contributed by atoms with Crippen LogP contribution in [0.3, 0.4) is 0 Å². The minimum absolute atomic E-state index is 0.0977. The molecular weight excluding hydrogens is 304 g/mol. The van der Waals surface area contributed by atoms with Crippen LogP contribution in [-0.2, 0) is 11.8 Å². The Morgan fingerprint density at radius 1 is 1.24 bits per heavy atom. The van der Waals surface area contributed by atoms with Gasteiger partial charge in [-0.25, -0.2) is 4.98 Å². The summed E-state index contributed by atoms with van der Waals surface area (Å²) in [4.78, 5) is 4.91. The number of anilines is 1. The first kappa shape index (κ1) is 20.3. The molecule has 1 aliphatic carbocycles. The van der Waals surface area contributed by atoms with Crippen LogP contribution in [0.25, 0.3) is 0 Å². The van der Waals surface area contributed by atoms with Crippen molar-refractivity contribution in [2.45, 2.75) is 98.3 Å². The second-order valence-corrected chi connectivity index (χ2v) is 9.46. The number of nitrogens with two attached hydrogens (primary N) is 1. The third kappa shape index (κ3) is 5.46. The summed E-state index contributed by atoms with van der Waals surface area (Å²) in [5, 5.41) is 0. The average Bonchev–Trinajstić information content (AvgIpc) is 2.57. The van der Waals surface area contributed by atoms with Gasteiger partial charge in [0.25, 0.3) is 0 Å². The zero-order valence-electron chi connectivity index (χ0n) is 17.5. The van der Waals surface area contributed by atoms with Gasteiger partial charge in [0.05, 0.1) is 5.69 Å². The first-order valence-electron chi connectivity index (χ1n) is 10.5.